The van der Waals surface area contributed by atoms with Crippen LogP contribution in [0, 0.1) is 5.92 Å². The zero-order valence-electron chi connectivity index (χ0n) is 14.5. The normalized spacial score (nSPS) is 46.8. The van der Waals surface area contributed by atoms with Crippen molar-refractivity contribution in [2.75, 3.05) is 13.2 Å². The molecule has 2 aliphatic rings. The van der Waals surface area contributed by atoms with E-state index in [2.05, 4.69) is 0 Å². The second kappa shape index (κ2) is 9.05. The number of aliphatic hydroxyl groups is 7. The van der Waals surface area contributed by atoms with Gasteiger partial charge in [0.05, 0.1) is 25.2 Å². The minimum absolute atomic E-state index is 0.696. The molecule has 2 rings (SSSR count). The van der Waals surface area contributed by atoms with E-state index in [4.69, 9.17) is 19.3 Å². The van der Waals surface area contributed by atoms with Crippen LogP contribution in [0.3, 0.4) is 0 Å². The van der Waals surface area contributed by atoms with Crippen LogP contribution in [0.15, 0.2) is 0 Å². The average Bonchev–Trinajstić information content (AvgIpc) is 2.65. The van der Waals surface area contributed by atoms with Gasteiger partial charge in [-0.3, -0.25) is 4.79 Å². The standard InChI is InChI=1S/C15H26O12/c1-4(14(23)24)12-9(20)10(21)13(6(3-17)25-12)27-15-11(22)8(19)7(18)5(2-16)26-15/h4-13,15-22H,2-3H2,1H3,(H,23,24)/t4?,5-,6-,7+,8+,9-,10-,11-,12?,13-,15+/m1/s1. The van der Waals surface area contributed by atoms with Gasteiger partial charge < -0.3 is 55.1 Å². The minimum Gasteiger partial charge on any atom is -0.481 e. The van der Waals surface area contributed by atoms with E-state index in [0.29, 0.717) is 0 Å². The molecule has 12 heteroatoms. The molecule has 8 N–H and O–H groups in total. The van der Waals surface area contributed by atoms with Gasteiger partial charge in [0.15, 0.2) is 6.29 Å². The molecule has 2 fully saturated rings. The number of carboxylic acids is 1. The van der Waals surface area contributed by atoms with E-state index in [1.165, 1.54) is 6.92 Å². The van der Waals surface area contributed by atoms with Gasteiger partial charge in [-0.05, 0) is 6.92 Å². The highest BCUT2D eigenvalue weighted by Gasteiger charge is 2.51. The number of carboxylic acid groups (broad SMARTS) is 1. The first-order chi connectivity index (χ1) is 12.6. The monoisotopic (exact) mass is 398 g/mol. The first kappa shape index (κ1) is 22.4. The maximum Gasteiger partial charge on any atom is 0.308 e. The van der Waals surface area contributed by atoms with Gasteiger partial charge in [0.25, 0.3) is 0 Å². The molecule has 0 spiro atoms. The van der Waals surface area contributed by atoms with Gasteiger partial charge in [0.1, 0.15) is 48.8 Å². The number of rotatable bonds is 6. The minimum atomic E-state index is -1.76. The Balaban J connectivity index is 2.16. The lowest BCUT2D eigenvalue weighted by Crippen LogP contribution is -2.65. The quantitative estimate of drug-likeness (QED) is 0.213. The van der Waals surface area contributed by atoms with Crippen LogP contribution in [-0.4, -0.2) is 121 Å². The fourth-order valence-corrected chi connectivity index (χ4v) is 3.17. The summed E-state index contributed by atoms with van der Waals surface area (Å²) in [6.07, 6.45) is -15.4. The fraction of sp³-hybridized carbons (Fsp3) is 0.933. The van der Waals surface area contributed by atoms with Gasteiger partial charge in [0.2, 0.25) is 0 Å². The molecule has 0 radical (unpaired) electrons. The van der Waals surface area contributed by atoms with Crippen molar-refractivity contribution >= 4 is 5.97 Å². The van der Waals surface area contributed by atoms with Crippen molar-refractivity contribution < 1.29 is 59.9 Å². The van der Waals surface area contributed by atoms with Crippen molar-refractivity contribution in [3.63, 3.8) is 0 Å². The van der Waals surface area contributed by atoms with E-state index < -0.39 is 86.3 Å². The summed E-state index contributed by atoms with van der Waals surface area (Å²) in [4.78, 5) is 11.1. The molecule has 2 unspecified atom stereocenters. The molecule has 11 atom stereocenters. The lowest BCUT2D eigenvalue weighted by atomic mass is 9.88. The highest BCUT2D eigenvalue weighted by Crippen LogP contribution is 2.31. The van der Waals surface area contributed by atoms with Crippen molar-refractivity contribution in [2.45, 2.75) is 68.1 Å². The number of carbonyl (C=O) groups is 1. The number of ether oxygens (including phenoxy) is 3. The van der Waals surface area contributed by atoms with Crippen molar-refractivity contribution in [2.24, 2.45) is 5.92 Å². The van der Waals surface area contributed by atoms with Gasteiger partial charge in [-0.1, -0.05) is 0 Å². The van der Waals surface area contributed by atoms with E-state index in [1.807, 2.05) is 0 Å². The van der Waals surface area contributed by atoms with E-state index in [-0.39, 0.29) is 0 Å². The Kier molecular flexibility index (Phi) is 7.49. The summed E-state index contributed by atoms with van der Waals surface area (Å²) in [7, 11) is 0. The zero-order chi connectivity index (χ0) is 20.5. The zero-order valence-corrected chi connectivity index (χ0v) is 14.5. The Hall–Kier alpha value is -0.930. The fourth-order valence-electron chi connectivity index (χ4n) is 3.17. The number of hydrogen-bond donors (Lipinski definition) is 8. The topological polar surface area (TPSA) is 207 Å². The summed E-state index contributed by atoms with van der Waals surface area (Å²) in [5.74, 6) is -2.48. The maximum absolute atomic E-state index is 11.1. The second-order valence-electron chi connectivity index (χ2n) is 6.73. The Morgan fingerprint density at radius 2 is 1.48 bits per heavy atom. The van der Waals surface area contributed by atoms with Crippen LogP contribution in [0.5, 0.6) is 0 Å². The summed E-state index contributed by atoms with van der Waals surface area (Å²) in [5, 5.41) is 77.9. The van der Waals surface area contributed by atoms with Gasteiger partial charge in [-0.2, -0.15) is 0 Å². The number of aliphatic carboxylic acids is 1. The van der Waals surface area contributed by atoms with Crippen molar-refractivity contribution in [3.8, 4) is 0 Å². The lowest BCUT2D eigenvalue weighted by molar-refractivity contribution is -0.343. The third-order valence-corrected chi connectivity index (χ3v) is 4.92. The molecule has 0 amide bonds. The van der Waals surface area contributed by atoms with Gasteiger partial charge in [0, 0.05) is 0 Å². The smallest absolute Gasteiger partial charge is 0.308 e. The molecule has 0 aliphatic carbocycles. The molecule has 158 valence electrons. The lowest BCUT2D eigenvalue weighted by Gasteiger charge is -2.46. The van der Waals surface area contributed by atoms with Crippen molar-refractivity contribution in [1.29, 1.82) is 0 Å². The predicted molar refractivity (Wildman–Crippen MR) is 83.2 cm³/mol. The predicted octanol–water partition coefficient (Wildman–Crippen LogP) is -4.63. The molecule has 0 aromatic heterocycles. The van der Waals surface area contributed by atoms with Crippen LogP contribution in [0.2, 0.25) is 0 Å². The van der Waals surface area contributed by atoms with Crippen LogP contribution < -0.4 is 0 Å². The Labute approximate surface area is 154 Å². The van der Waals surface area contributed by atoms with Crippen molar-refractivity contribution in [1.82, 2.24) is 0 Å². The molecule has 0 saturated carbocycles. The highest BCUT2D eigenvalue weighted by atomic mass is 16.7. The average molecular weight is 398 g/mol. The molecule has 2 saturated heterocycles. The maximum atomic E-state index is 11.1. The Morgan fingerprint density at radius 3 is 2.00 bits per heavy atom. The first-order valence-corrected chi connectivity index (χ1v) is 8.45. The van der Waals surface area contributed by atoms with E-state index in [0.717, 1.165) is 0 Å². The largest absolute Gasteiger partial charge is 0.481 e. The summed E-state index contributed by atoms with van der Waals surface area (Å²) in [5.41, 5.74) is 0. The van der Waals surface area contributed by atoms with Crippen LogP contribution in [0.1, 0.15) is 6.92 Å². The van der Waals surface area contributed by atoms with Gasteiger partial charge in [-0.25, -0.2) is 0 Å². The number of hydrogen-bond acceptors (Lipinski definition) is 11. The summed E-state index contributed by atoms with van der Waals surface area (Å²) >= 11 is 0. The Morgan fingerprint density at radius 1 is 0.889 bits per heavy atom. The van der Waals surface area contributed by atoms with Crippen LogP contribution >= 0.6 is 0 Å². The third kappa shape index (κ3) is 4.40. The van der Waals surface area contributed by atoms with E-state index in [1.54, 1.807) is 0 Å². The molecule has 0 bridgehead atoms. The molecular weight excluding hydrogens is 372 g/mol. The molecular formula is C15H26O12. The second-order valence-corrected chi connectivity index (χ2v) is 6.73. The van der Waals surface area contributed by atoms with Crippen molar-refractivity contribution in [3.05, 3.63) is 0 Å². The summed E-state index contributed by atoms with van der Waals surface area (Å²) in [6, 6.07) is 0. The number of aliphatic hydroxyl groups excluding tert-OH is 7. The molecule has 0 aromatic rings. The molecule has 12 nitrogen and oxygen atoms in total. The van der Waals surface area contributed by atoms with Gasteiger partial charge in [-0.15, -0.1) is 0 Å². The van der Waals surface area contributed by atoms with E-state index in [9.17, 15) is 40.5 Å². The molecule has 2 aliphatic heterocycles. The highest BCUT2D eigenvalue weighted by molar-refractivity contribution is 5.70. The third-order valence-electron chi connectivity index (χ3n) is 4.92. The SMILES string of the molecule is CC(C(=O)O)C1O[C@H](CO)[C@@H](O[C@@H]2O[C@H](CO)[C@H](O)[C@H](O)[C@H]2O)[C@H](O)[C@H]1O. The Bertz CT molecular complexity index is 499. The van der Waals surface area contributed by atoms with Crippen LogP contribution in [-0.2, 0) is 19.0 Å². The summed E-state index contributed by atoms with van der Waals surface area (Å²) in [6.45, 7) is -0.149. The van der Waals surface area contributed by atoms with Crippen LogP contribution in [0.25, 0.3) is 0 Å². The van der Waals surface area contributed by atoms with Gasteiger partial charge >= 0.3 is 5.97 Å². The van der Waals surface area contributed by atoms with Crippen LogP contribution in [0.4, 0.5) is 0 Å². The molecule has 0 aromatic carbocycles. The van der Waals surface area contributed by atoms with E-state index >= 15 is 0 Å². The molecule has 2 heterocycles. The first-order valence-electron chi connectivity index (χ1n) is 8.45. The molecule has 27 heavy (non-hydrogen) atoms. The summed E-state index contributed by atoms with van der Waals surface area (Å²) < 4.78 is 15.9.